The van der Waals surface area contributed by atoms with E-state index in [2.05, 4.69) is 26.1 Å². The van der Waals surface area contributed by atoms with Crippen LogP contribution in [0, 0.1) is 0 Å². The largest absolute Gasteiger partial charge is 0.352 e. The van der Waals surface area contributed by atoms with Gasteiger partial charge in [0.25, 0.3) is 5.91 Å². The molecule has 1 aliphatic heterocycles. The van der Waals surface area contributed by atoms with Crippen LogP contribution in [0.2, 0.25) is 0 Å². The van der Waals surface area contributed by atoms with Crippen molar-refractivity contribution in [3.63, 3.8) is 0 Å². The molecule has 0 unspecified atom stereocenters. The smallest absolute Gasteiger partial charge is 0.282 e. The number of nitrogens with zero attached hydrogens (tertiary/aromatic N) is 5. The Morgan fingerprint density at radius 2 is 1.81 bits per heavy atom. The number of para-hydroxylation sites is 1. The maximum atomic E-state index is 12.8. The van der Waals surface area contributed by atoms with Gasteiger partial charge in [-0.3, -0.25) is 4.79 Å². The summed E-state index contributed by atoms with van der Waals surface area (Å²) in [5.74, 6) is 0.982. The van der Waals surface area contributed by atoms with Gasteiger partial charge in [0, 0.05) is 26.2 Å². The lowest BCUT2D eigenvalue weighted by atomic mass is 9.97. The Kier molecular flexibility index (Phi) is 4.24. The third-order valence-electron chi connectivity index (χ3n) is 5.42. The molecule has 0 saturated carbocycles. The number of aromatic nitrogens is 3. The van der Waals surface area contributed by atoms with Crippen LogP contribution in [-0.2, 0) is 12.8 Å². The Hall–Kier alpha value is -2.54. The molecule has 0 atom stereocenters. The van der Waals surface area contributed by atoms with Crippen molar-refractivity contribution in [2.75, 3.05) is 31.1 Å². The van der Waals surface area contributed by atoms with Crippen molar-refractivity contribution in [2.24, 2.45) is 0 Å². The summed E-state index contributed by atoms with van der Waals surface area (Å²) in [6.45, 7) is 2.94. The number of hydrogen-bond acceptors (Lipinski definition) is 6. The number of thiazole rings is 1. The summed E-state index contributed by atoms with van der Waals surface area (Å²) in [5.41, 5.74) is 3.41. The number of fused-ring (bicyclic) bond motifs is 2. The second kappa shape index (κ2) is 6.88. The number of aryl methyl sites for hydroxylation is 2. The first kappa shape index (κ1) is 16.6. The molecular weight excluding hydrogens is 358 g/mol. The highest BCUT2D eigenvalue weighted by Crippen LogP contribution is 2.25. The minimum atomic E-state index is 0.0346. The van der Waals surface area contributed by atoms with Gasteiger partial charge in [-0.1, -0.05) is 12.1 Å². The fraction of sp³-hybridized carbons (Fsp3) is 0.400. The summed E-state index contributed by atoms with van der Waals surface area (Å²) in [5, 5.41) is 9.46. The lowest BCUT2D eigenvalue weighted by Crippen LogP contribution is -2.49. The van der Waals surface area contributed by atoms with Crippen LogP contribution in [0.25, 0.3) is 10.2 Å². The molecule has 1 aliphatic carbocycles. The Balaban J connectivity index is 1.27. The van der Waals surface area contributed by atoms with Crippen molar-refractivity contribution in [1.82, 2.24) is 20.1 Å². The molecule has 138 valence electrons. The predicted octanol–water partition coefficient (Wildman–Crippen LogP) is 2.93. The van der Waals surface area contributed by atoms with E-state index in [4.69, 9.17) is 0 Å². The monoisotopic (exact) mass is 379 g/mol. The minimum Gasteiger partial charge on any atom is -0.352 e. The maximum absolute atomic E-state index is 12.8. The number of anilines is 1. The first-order valence-corrected chi connectivity index (χ1v) is 10.3. The van der Waals surface area contributed by atoms with E-state index >= 15 is 0 Å². The molecule has 0 bridgehead atoms. The summed E-state index contributed by atoms with van der Waals surface area (Å²) in [4.78, 5) is 21.5. The molecule has 6 nitrogen and oxygen atoms in total. The van der Waals surface area contributed by atoms with Crippen molar-refractivity contribution in [2.45, 2.75) is 25.7 Å². The van der Waals surface area contributed by atoms with Crippen LogP contribution in [0.4, 0.5) is 5.82 Å². The normalized spacial score (nSPS) is 17.2. The molecule has 0 spiro atoms. The van der Waals surface area contributed by atoms with Crippen LogP contribution in [0.3, 0.4) is 0 Å². The van der Waals surface area contributed by atoms with Crippen LogP contribution in [-0.4, -0.2) is 52.2 Å². The highest BCUT2D eigenvalue weighted by molar-refractivity contribution is 7.20. The number of rotatable bonds is 2. The highest BCUT2D eigenvalue weighted by atomic mass is 32.1. The van der Waals surface area contributed by atoms with Crippen molar-refractivity contribution >= 4 is 33.3 Å². The van der Waals surface area contributed by atoms with Gasteiger partial charge in [-0.05, 0) is 49.4 Å². The van der Waals surface area contributed by atoms with Gasteiger partial charge < -0.3 is 9.80 Å². The summed E-state index contributed by atoms with van der Waals surface area (Å²) >= 11 is 1.47. The van der Waals surface area contributed by atoms with Crippen LogP contribution < -0.4 is 4.90 Å². The molecule has 0 N–H and O–H groups in total. The summed E-state index contributed by atoms with van der Waals surface area (Å²) in [6, 6.07) is 10.1. The Bertz CT molecular complexity index is 960. The van der Waals surface area contributed by atoms with Crippen molar-refractivity contribution < 1.29 is 4.79 Å². The second-order valence-electron chi connectivity index (χ2n) is 7.15. The van der Waals surface area contributed by atoms with Gasteiger partial charge in [0.1, 0.15) is 0 Å². The third-order valence-corrected chi connectivity index (χ3v) is 6.45. The van der Waals surface area contributed by atoms with Gasteiger partial charge in [-0.25, -0.2) is 4.98 Å². The van der Waals surface area contributed by atoms with Gasteiger partial charge >= 0.3 is 0 Å². The SMILES string of the molecule is O=C(c1nc2ccccc2s1)N1CCN(c2cc3c(nn2)CCCC3)CC1. The Morgan fingerprint density at radius 1 is 1.00 bits per heavy atom. The molecule has 2 aromatic heterocycles. The number of amides is 1. The minimum absolute atomic E-state index is 0.0346. The number of piperazine rings is 1. The van der Waals surface area contributed by atoms with Gasteiger partial charge in [0.05, 0.1) is 15.9 Å². The number of carbonyl (C=O) groups excluding carboxylic acids is 1. The van der Waals surface area contributed by atoms with Crippen LogP contribution in [0.1, 0.15) is 33.9 Å². The van der Waals surface area contributed by atoms with E-state index in [0.29, 0.717) is 18.1 Å². The van der Waals surface area contributed by atoms with E-state index in [1.165, 1.54) is 29.7 Å². The van der Waals surface area contributed by atoms with Crippen LogP contribution in [0.15, 0.2) is 30.3 Å². The topological polar surface area (TPSA) is 62.2 Å². The molecule has 3 aromatic rings. The molecule has 1 aromatic carbocycles. The fourth-order valence-corrected chi connectivity index (χ4v) is 4.80. The number of benzene rings is 1. The lowest BCUT2D eigenvalue weighted by molar-refractivity contribution is 0.0746. The van der Waals surface area contributed by atoms with E-state index in [-0.39, 0.29) is 5.91 Å². The second-order valence-corrected chi connectivity index (χ2v) is 8.18. The summed E-state index contributed by atoms with van der Waals surface area (Å²) in [6.07, 6.45) is 4.61. The maximum Gasteiger partial charge on any atom is 0.282 e. The lowest BCUT2D eigenvalue weighted by Gasteiger charge is -2.35. The molecule has 2 aliphatic rings. The molecular formula is C20H21N5OS. The van der Waals surface area contributed by atoms with Gasteiger partial charge in [0.15, 0.2) is 10.8 Å². The van der Waals surface area contributed by atoms with Crippen LogP contribution >= 0.6 is 11.3 Å². The molecule has 7 heteroatoms. The molecule has 1 saturated heterocycles. The Labute approximate surface area is 161 Å². The molecule has 27 heavy (non-hydrogen) atoms. The fourth-order valence-electron chi connectivity index (χ4n) is 3.87. The van der Waals surface area contributed by atoms with E-state index in [1.54, 1.807) is 0 Å². The summed E-state index contributed by atoms with van der Waals surface area (Å²) < 4.78 is 1.06. The van der Waals surface area contributed by atoms with Crippen molar-refractivity contribution in [3.05, 3.63) is 46.6 Å². The highest BCUT2D eigenvalue weighted by Gasteiger charge is 2.25. The molecule has 5 rings (SSSR count). The molecule has 1 fully saturated rings. The van der Waals surface area contributed by atoms with E-state index in [0.717, 1.165) is 47.7 Å². The number of hydrogen-bond donors (Lipinski definition) is 0. The summed E-state index contributed by atoms with van der Waals surface area (Å²) in [7, 11) is 0. The van der Waals surface area contributed by atoms with E-state index < -0.39 is 0 Å². The van der Waals surface area contributed by atoms with Crippen molar-refractivity contribution in [1.29, 1.82) is 0 Å². The zero-order valence-corrected chi connectivity index (χ0v) is 15.9. The zero-order chi connectivity index (χ0) is 18.2. The van der Waals surface area contributed by atoms with Gasteiger partial charge in [0.2, 0.25) is 0 Å². The zero-order valence-electron chi connectivity index (χ0n) is 15.1. The quantitative estimate of drug-likeness (QED) is 0.685. The Morgan fingerprint density at radius 3 is 2.67 bits per heavy atom. The first-order valence-electron chi connectivity index (χ1n) is 9.53. The predicted molar refractivity (Wildman–Crippen MR) is 106 cm³/mol. The van der Waals surface area contributed by atoms with Crippen molar-refractivity contribution in [3.8, 4) is 0 Å². The average Bonchev–Trinajstić information content (AvgIpc) is 3.17. The molecule has 1 amide bonds. The molecule has 3 heterocycles. The van der Waals surface area contributed by atoms with Crippen LogP contribution in [0.5, 0.6) is 0 Å². The number of carbonyl (C=O) groups is 1. The average molecular weight is 379 g/mol. The van der Waals surface area contributed by atoms with Gasteiger partial charge in [-0.15, -0.1) is 16.4 Å². The van der Waals surface area contributed by atoms with E-state index in [9.17, 15) is 4.79 Å². The first-order chi connectivity index (χ1) is 13.3. The molecule has 0 radical (unpaired) electrons. The van der Waals surface area contributed by atoms with E-state index in [1.807, 2.05) is 29.2 Å². The third kappa shape index (κ3) is 3.16. The van der Waals surface area contributed by atoms with Gasteiger partial charge in [-0.2, -0.15) is 5.10 Å². The standard InChI is InChI=1S/C20H21N5OS/c26-20(19-21-16-7-3-4-8-17(16)27-19)25-11-9-24(10-12-25)18-13-14-5-1-2-6-15(14)22-23-18/h3-4,7-8,13H,1-2,5-6,9-12H2.